The molecule has 1 saturated heterocycles. The van der Waals surface area contributed by atoms with Crippen LogP contribution >= 0.6 is 0 Å². The Balaban J connectivity index is 1.67. The van der Waals surface area contributed by atoms with Crippen LogP contribution in [-0.2, 0) is 4.74 Å². The van der Waals surface area contributed by atoms with Crippen LogP contribution in [-0.4, -0.2) is 52.8 Å². The molecule has 3 rings (SSSR count). The minimum atomic E-state index is 0.445. The third-order valence-electron chi connectivity index (χ3n) is 2.99. The maximum Gasteiger partial charge on any atom is 0.182 e. The van der Waals surface area contributed by atoms with Crippen LogP contribution in [0.15, 0.2) is 12.7 Å². The first-order valence-corrected chi connectivity index (χ1v) is 6.10. The summed E-state index contributed by atoms with van der Waals surface area (Å²) in [5.74, 6) is 1.24. The molecule has 0 aromatic carbocycles. The molecule has 0 spiro atoms. The molecular weight excluding hydrogens is 232 g/mol. The molecule has 1 unspecified atom stereocenters. The number of imidazole rings is 1. The van der Waals surface area contributed by atoms with Gasteiger partial charge in [0.2, 0.25) is 0 Å². The number of hydrogen-bond acceptors (Lipinski definition) is 6. The van der Waals surface area contributed by atoms with Crippen molar-refractivity contribution in [3.05, 3.63) is 12.7 Å². The van der Waals surface area contributed by atoms with Gasteiger partial charge in [-0.25, -0.2) is 15.0 Å². The monoisotopic (exact) mass is 248 g/mol. The van der Waals surface area contributed by atoms with Gasteiger partial charge in [-0.05, 0) is 0 Å². The highest BCUT2D eigenvalue weighted by Gasteiger charge is 2.13. The van der Waals surface area contributed by atoms with E-state index >= 15 is 0 Å². The molecule has 3 heterocycles. The van der Waals surface area contributed by atoms with Crippen molar-refractivity contribution in [2.75, 3.05) is 38.2 Å². The van der Waals surface area contributed by atoms with Crippen LogP contribution in [0.25, 0.3) is 11.2 Å². The van der Waals surface area contributed by atoms with E-state index in [4.69, 9.17) is 4.74 Å². The first kappa shape index (κ1) is 11.4. The van der Waals surface area contributed by atoms with Gasteiger partial charge in [0.1, 0.15) is 11.8 Å². The van der Waals surface area contributed by atoms with Gasteiger partial charge >= 0.3 is 0 Å². The van der Waals surface area contributed by atoms with Crippen LogP contribution in [0.4, 0.5) is 5.82 Å². The lowest BCUT2D eigenvalue weighted by molar-refractivity contribution is 0.127. The van der Waals surface area contributed by atoms with E-state index in [1.54, 1.807) is 6.33 Å². The zero-order valence-corrected chi connectivity index (χ0v) is 10.0. The minimum Gasteiger partial charge on any atom is -0.380 e. The van der Waals surface area contributed by atoms with Gasteiger partial charge in [-0.2, -0.15) is 0 Å². The Labute approximate surface area is 104 Å². The molecule has 0 aliphatic carbocycles. The molecule has 1 fully saturated rings. The van der Waals surface area contributed by atoms with Crippen molar-refractivity contribution in [3.63, 3.8) is 0 Å². The van der Waals surface area contributed by atoms with E-state index in [9.17, 15) is 0 Å². The van der Waals surface area contributed by atoms with Gasteiger partial charge in [0, 0.05) is 25.6 Å². The van der Waals surface area contributed by atoms with Crippen molar-refractivity contribution < 1.29 is 4.74 Å². The van der Waals surface area contributed by atoms with Crippen LogP contribution < -0.4 is 10.6 Å². The Hall–Kier alpha value is -1.73. The fourth-order valence-corrected chi connectivity index (χ4v) is 2.03. The molecule has 1 aliphatic rings. The van der Waals surface area contributed by atoms with E-state index in [0.717, 1.165) is 44.2 Å². The molecule has 2 aromatic rings. The number of anilines is 1. The highest BCUT2D eigenvalue weighted by atomic mass is 16.5. The SMILES string of the molecule is c1nc(NCC2CNCCOC2)c2[nH]cnc2n1. The van der Waals surface area contributed by atoms with Crippen molar-refractivity contribution in [1.29, 1.82) is 0 Å². The quantitative estimate of drug-likeness (QED) is 0.708. The molecule has 3 N–H and O–H groups in total. The highest BCUT2D eigenvalue weighted by molar-refractivity contribution is 5.81. The Morgan fingerprint density at radius 1 is 1.39 bits per heavy atom. The lowest BCUT2D eigenvalue weighted by atomic mass is 10.1. The second-order valence-electron chi connectivity index (χ2n) is 4.35. The predicted molar refractivity (Wildman–Crippen MR) is 67.4 cm³/mol. The molecule has 7 nitrogen and oxygen atoms in total. The van der Waals surface area contributed by atoms with Gasteiger partial charge in [-0.15, -0.1) is 0 Å². The van der Waals surface area contributed by atoms with Gasteiger partial charge in [0.15, 0.2) is 11.5 Å². The summed E-state index contributed by atoms with van der Waals surface area (Å²) in [5, 5.41) is 6.68. The average Bonchev–Trinajstić information content (AvgIpc) is 2.73. The summed E-state index contributed by atoms with van der Waals surface area (Å²) in [6.07, 6.45) is 3.15. The number of fused-ring (bicyclic) bond motifs is 1. The zero-order chi connectivity index (χ0) is 12.2. The smallest absolute Gasteiger partial charge is 0.182 e. The predicted octanol–water partition coefficient (Wildman–Crippen LogP) is 0.000800. The number of H-pyrrole nitrogens is 1. The average molecular weight is 248 g/mol. The summed E-state index contributed by atoms with van der Waals surface area (Å²) < 4.78 is 5.51. The number of ether oxygens (including phenoxy) is 1. The summed E-state index contributed by atoms with van der Waals surface area (Å²) in [4.78, 5) is 15.5. The molecule has 1 atom stereocenters. The molecule has 1 aliphatic heterocycles. The summed E-state index contributed by atoms with van der Waals surface area (Å²) in [6, 6.07) is 0. The van der Waals surface area contributed by atoms with Crippen LogP contribution in [0.5, 0.6) is 0 Å². The Kier molecular flexibility index (Phi) is 3.33. The minimum absolute atomic E-state index is 0.445. The van der Waals surface area contributed by atoms with Crippen LogP contribution in [0.3, 0.4) is 0 Å². The Morgan fingerprint density at radius 3 is 3.39 bits per heavy atom. The molecule has 0 amide bonds. The largest absolute Gasteiger partial charge is 0.380 e. The van der Waals surface area contributed by atoms with E-state index in [1.165, 1.54) is 6.33 Å². The summed E-state index contributed by atoms with van der Waals surface area (Å²) in [5.41, 5.74) is 1.53. The van der Waals surface area contributed by atoms with Gasteiger partial charge in [0.05, 0.1) is 19.5 Å². The Morgan fingerprint density at radius 2 is 2.39 bits per heavy atom. The maximum absolute atomic E-state index is 5.51. The second-order valence-corrected chi connectivity index (χ2v) is 4.35. The van der Waals surface area contributed by atoms with E-state index in [2.05, 4.69) is 30.6 Å². The third-order valence-corrected chi connectivity index (χ3v) is 2.99. The van der Waals surface area contributed by atoms with Crippen LogP contribution in [0.2, 0.25) is 0 Å². The fraction of sp³-hybridized carbons (Fsp3) is 0.545. The van der Waals surface area contributed by atoms with E-state index in [1.807, 2.05) is 0 Å². The van der Waals surface area contributed by atoms with Crippen molar-refractivity contribution in [2.45, 2.75) is 0 Å². The standard InChI is InChI=1S/C11H16N6O/c1-2-18-5-8(3-12-1)4-13-10-9-11(15-6-14-9)17-7-16-10/h6-8,12H,1-5H2,(H2,13,14,15,16,17). The molecular formula is C11H16N6O. The van der Waals surface area contributed by atoms with E-state index < -0.39 is 0 Å². The van der Waals surface area contributed by atoms with E-state index in [-0.39, 0.29) is 0 Å². The lowest BCUT2D eigenvalue weighted by Gasteiger charge is -2.14. The van der Waals surface area contributed by atoms with Gasteiger partial charge < -0.3 is 20.4 Å². The summed E-state index contributed by atoms with van der Waals surface area (Å²) in [7, 11) is 0. The number of rotatable bonds is 3. The summed E-state index contributed by atoms with van der Waals surface area (Å²) in [6.45, 7) is 4.27. The molecule has 0 radical (unpaired) electrons. The van der Waals surface area contributed by atoms with Gasteiger partial charge in [-0.1, -0.05) is 0 Å². The zero-order valence-electron chi connectivity index (χ0n) is 10.0. The number of aromatic amines is 1. The van der Waals surface area contributed by atoms with Crippen molar-refractivity contribution in [1.82, 2.24) is 25.3 Å². The molecule has 2 aromatic heterocycles. The fourth-order valence-electron chi connectivity index (χ4n) is 2.03. The molecule has 0 saturated carbocycles. The first-order valence-electron chi connectivity index (χ1n) is 6.10. The van der Waals surface area contributed by atoms with Crippen molar-refractivity contribution in [2.24, 2.45) is 5.92 Å². The van der Waals surface area contributed by atoms with Crippen LogP contribution in [0.1, 0.15) is 0 Å². The normalized spacial score (nSPS) is 20.8. The first-order chi connectivity index (χ1) is 8.93. The van der Waals surface area contributed by atoms with Crippen molar-refractivity contribution in [3.8, 4) is 0 Å². The molecule has 7 heteroatoms. The summed E-state index contributed by atoms with van der Waals surface area (Å²) >= 11 is 0. The van der Waals surface area contributed by atoms with Crippen molar-refractivity contribution >= 4 is 17.0 Å². The third kappa shape index (κ3) is 2.41. The number of nitrogens with zero attached hydrogens (tertiary/aromatic N) is 3. The molecule has 0 bridgehead atoms. The number of aromatic nitrogens is 4. The van der Waals surface area contributed by atoms with Gasteiger partial charge in [-0.3, -0.25) is 0 Å². The Bertz CT molecular complexity index is 505. The van der Waals surface area contributed by atoms with E-state index in [0.29, 0.717) is 11.6 Å². The maximum atomic E-state index is 5.51. The second kappa shape index (κ2) is 5.28. The number of hydrogen-bond donors (Lipinski definition) is 3. The lowest BCUT2D eigenvalue weighted by Crippen LogP contribution is -2.28. The molecule has 18 heavy (non-hydrogen) atoms. The van der Waals surface area contributed by atoms with Crippen LogP contribution in [0, 0.1) is 5.92 Å². The number of nitrogens with one attached hydrogen (secondary N) is 3. The molecule has 96 valence electrons. The highest BCUT2D eigenvalue weighted by Crippen LogP contribution is 2.14. The van der Waals surface area contributed by atoms with Gasteiger partial charge in [0.25, 0.3) is 0 Å². The topological polar surface area (TPSA) is 87.8 Å².